The average molecular weight is 250 g/mol. The lowest BCUT2D eigenvalue weighted by atomic mass is 10.2. The fraction of sp³-hybridized carbons (Fsp3) is 0.0667. The summed E-state index contributed by atoms with van der Waals surface area (Å²) in [4.78, 5) is 16.0. The van der Waals surface area contributed by atoms with Crippen molar-refractivity contribution in [2.75, 3.05) is 0 Å². The molecular formula is C15H10N2O2. The van der Waals surface area contributed by atoms with Gasteiger partial charge in [-0.15, -0.1) is 0 Å². The first kappa shape index (κ1) is 10.3. The highest BCUT2D eigenvalue weighted by atomic mass is 16.4. The van der Waals surface area contributed by atoms with Gasteiger partial charge in [0.15, 0.2) is 5.58 Å². The third kappa shape index (κ3) is 1.34. The maximum Gasteiger partial charge on any atom is 0.310 e. The second-order valence-electron chi connectivity index (χ2n) is 4.63. The van der Waals surface area contributed by atoms with Crippen molar-refractivity contribution in [1.29, 1.82) is 0 Å². The van der Waals surface area contributed by atoms with E-state index in [1.54, 1.807) is 6.07 Å². The number of fused-ring (bicyclic) bond motifs is 5. The van der Waals surface area contributed by atoms with Gasteiger partial charge in [0, 0.05) is 0 Å². The van der Waals surface area contributed by atoms with E-state index in [2.05, 4.69) is 4.98 Å². The van der Waals surface area contributed by atoms with Gasteiger partial charge in [0.1, 0.15) is 0 Å². The molecule has 19 heavy (non-hydrogen) atoms. The Labute approximate surface area is 107 Å². The van der Waals surface area contributed by atoms with Gasteiger partial charge in [0.05, 0.1) is 16.4 Å². The van der Waals surface area contributed by atoms with Crippen LogP contribution in [0.25, 0.3) is 27.8 Å². The van der Waals surface area contributed by atoms with E-state index in [4.69, 9.17) is 4.42 Å². The van der Waals surface area contributed by atoms with E-state index in [0.29, 0.717) is 11.2 Å². The minimum absolute atomic E-state index is 0.258. The summed E-state index contributed by atoms with van der Waals surface area (Å²) in [7, 11) is 0. The van der Waals surface area contributed by atoms with Gasteiger partial charge in [-0.05, 0) is 36.8 Å². The average Bonchev–Trinajstić information content (AvgIpc) is 2.76. The summed E-state index contributed by atoms with van der Waals surface area (Å²) < 4.78 is 7.54. The number of aryl methyl sites for hydroxylation is 1. The van der Waals surface area contributed by atoms with Crippen LogP contribution in [0.3, 0.4) is 0 Å². The molecule has 0 saturated heterocycles. The molecule has 0 aliphatic carbocycles. The van der Waals surface area contributed by atoms with Crippen LogP contribution in [0, 0.1) is 6.92 Å². The van der Waals surface area contributed by atoms with Gasteiger partial charge in [0.25, 0.3) is 5.56 Å². The Kier molecular flexibility index (Phi) is 1.87. The smallest absolute Gasteiger partial charge is 0.310 e. The predicted molar refractivity (Wildman–Crippen MR) is 73.5 cm³/mol. The molecule has 0 aliphatic heterocycles. The summed E-state index contributed by atoms with van der Waals surface area (Å²) >= 11 is 0. The molecule has 0 amide bonds. The maximum atomic E-state index is 12.0. The Morgan fingerprint density at radius 1 is 1.11 bits per heavy atom. The maximum absolute atomic E-state index is 12.0. The Balaban J connectivity index is 2.40. The second kappa shape index (κ2) is 3.45. The molecule has 0 saturated carbocycles. The first-order valence-electron chi connectivity index (χ1n) is 6.05. The largest absolute Gasteiger partial charge is 0.423 e. The molecule has 0 fully saturated rings. The number of benzene rings is 2. The van der Waals surface area contributed by atoms with E-state index in [1.165, 1.54) is 0 Å². The molecule has 0 spiro atoms. The van der Waals surface area contributed by atoms with E-state index >= 15 is 0 Å². The summed E-state index contributed by atoms with van der Waals surface area (Å²) in [6.45, 7) is 2.02. The molecule has 0 unspecified atom stereocenters. The Morgan fingerprint density at radius 3 is 2.84 bits per heavy atom. The molecule has 4 rings (SSSR count). The molecule has 2 aromatic heterocycles. The van der Waals surface area contributed by atoms with Gasteiger partial charge < -0.3 is 4.42 Å². The summed E-state index contributed by atoms with van der Waals surface area (Å²) in [6, 6.07) is 13.3. The number of para-hydroxylation sites is 1. The first-order valence-corrected chi connectivity index (χ1v) is 6.05. The Bertz CT molecular complexity index is 995. The van der Waals surface area contributed by atoms with Crippen molar-refractivity contribution in [2.45, 2.75) is 6.92 Å². The Hall–Kier alpha value is -2.62. The molecule has 0 N–H and O–H groups in total. The topological polar surface area (TPSA) is 47.5 Å². The monoisotopic (exact) mass is 250 g/mol. The fourth-order valence-electron chi connectivity index (χ4n) is 2.44. The highest BCUT2D eigenvalue weighted by Crippen LogP contribution is 2.23. The van der Waals surface area contributed by atoms with Crippen LogP contribution in [0.5, 0.6) is 0 Å². The lowest BCUT2D eigenvalue weighted by Crippen LogP contribution is -2.08. The number of hydrogen-bond acceptors (Lipinski definition) is 3. The van der Waals surface area contributed by atoms with Crippen LogP contribution in [-0.2, 0) is 0 Å². The lowest BCUT2D eigenvalue weighted by molar-refractivity contribution is 0.636. The minimum atomic E-state index is -0.258. The standard InChI is InChI=1S/C15H10N2O2/c1-9-6-7-13-12(8-9)17-11-5-3-2-4-10(11)14(18)16-15(17)19-13/h2-8H,1H3. The predicted octanol–water partition coefficient (Wildman–Crippen LogP) is 2.90. The molecular weight excluding hydrogens is 240 g/mol. The van der Waals surface area contributed by atoms with Gasteiger partial charge in [-0.25, -0.2) is 0 Å². The highest BCUT2D eigenvalue weighted by Gasteiger charge is 2.12. The van der Waals surface area contributed by atoms with Gasteiger partial charge in [-0.1, -0.05) is 18.2 Å². The number of rotatable bonds is 0. The van der Waals surface area contributed by atoms with Gasteiger partial charge in [-0.2, -0.15) is 4.98 Å². The van der Waals surface area contributed by atoms with Crippen LogP contribution in [0.1, 0.15) is 5.56 Å². The third-order valence-electron chi connectivity index (χ3n) is 3.32. The zero-order valence-electron chi connectivity index (χ0n) is 10.3. The van der Waals surface area contributed by atoms with Crippen LogP contribution >= 0.6 is 0 Å². The molecule has 4 nitrogen and oxygen atoms in total. The quantitative estimate of drug-likeness (QED) is 0.482. The van der Waals surface area contributed by atoms with Crippen molar-refractivity contribution in [3.05, 3.63) is 58.4 Å². The van der Waals surface area contributed by atoms with Crippen LogP contribution in [-0.4, -0.2) is 9.38 Å². The molecule has 0 radical (unpaired) electrons. The molecule has 2 aromatic carbocycles. The summed E-state index contributed by atoms with van der Waals surface area (Å²) in [6.07, 6.45) is 0. The zero-order valence-corrected chi connectivity index (χ0v) is 10.3. The van der Waals surface area contributed by atoms with Crippen molar-refractivity contribution in [1.82, 2.24) is 9.38 Å². The molecule has 0 aliphatic rings. The van der Waals surface area contributed by atoms with E-state index in [0.717, 1.165) is 22.2 Å². The fourth-order valence-corrected chi connectivity index (χ4v) is 2.44. The van der Waals surface area contributed by atoms with Crippen molar-refractivity contribution >= 4 is 27.8 Å². The molecule has 4 heteroatoms. The van der Waals surface area contributed by atoms with E-state index in [9.17, 15) is 4.79 Å². The number of aromatic nitrogens is 2. The van der Waals surface area contributed by atoms with Crippen molar-refractivity contribution in [3.8, 4) is 0 Å². The van der Waals surface area contributed by atoms with Crippen LogP contribution in [0.15, 0.2) is 51.7 Å². The van der Waals surface area contributed by atoms with Crippen LogP contribution in [0.4, 0.5) is 0 Å². The zero-order chi connectivity index (χ0) is 13.0. The van der Waals surface area contributed by atoms with E-state index in [-0.39, 0.29) is 5.56 Å². The van der Waals surface area contributed by atoms with Crippen molar-refractivity contribution < 1.29 is 4.42 Å². The minimum Gasteiger partial charge on any atom is -0.423 e. The third-order valence-corrected chi connectivity index (χ3v) is 3.32. The van der Waals surface area contributed by atoms with Gasteiger partial charge in [0.2, 0.25) is 0 Å². The molecule has 4 aromatic rings. The lowest BCUT2D eigenvalue weighted by Gasteiger charge is -2.00. The van der Waals surface area contributed by atoms with Gasteiger partial charge >= 0.3 is 5.84 Å². The Morgan fingerprint density at radius 2 is 1.95 bits per heavy atom. The van der Waals surface area contributed by atoms with Crippen LogP contribution in [0.2, 0.25) is 0 Å². The number of oxazole rings is 1. The molecule has 2 heterocycles. The summed E-state index contributed by atoms with van der Waals surface area (Å²) in [5, 5.41) is 0.601. The molecule has 92 valence electrons. The second-order valence-corrected chi connectivity index (χ2v) is 4.63. The molecule has 0 bridgehead atoms. The van der Waals surface area contributed by atoms with E-state index < -0.39 is 0 Å². The SMILES string of the molecule is Cc1ccc2oc3nc(=O)c4ccccc4n3c2c1. The number of nitrogens with zero attached hydrogens (tertiary/aromatic N) is 2. The summed E-state index contributed by atoms with van der Waals surface area (Å²) in [5.74, 6) is 0.337. The van der Waals surface area contributed by atoms with Gasteiger partial charge in [-0.3, -0.25) is 9.20 Å². The molecule has 0 atom stereocenters. The van der Waals surface area contributed by atoms with Crippen LogP contribution < -0.4 is 5.56 Å². The highest BCUT2D eigenvalue weighted by molar-refractivity contribution is 5.87. The van der Waals surface area contributed by atoms with Crippen molar-refractivity contribution in [2.24, 2.45) is 0 Å². The van der Waals surface area contributed by atoms with Crippen molar-refractivity contribution in [3.63, 3.8) is 0 Å². The summed E-state index contributed by atoms with van der Waals surface area (Å²) in [5.41, 5.74) is 3.36. The normalized spacial score (nSPS) is 11.6. The first-order chi connectivity index (χ1) is 9.24. The van der Waals surface area contributed by atoms with E-state index in [1.807, 2.05) is 47.7 Å². The number of hydrogen-bond donors (Lipinski definition) is 0.